The SMILES string of the molecule is Cc1ccc(S(=O)(=O)N(C(=O)c2ccccc2I)c2cccc(C)c2C)cc1. The minimum absolute atomic E-state index is 0.0818. The van der Waals surface area contributed by atoms with Crippen molar-refractivity contribution in [3.63, 3.8) is 0 Å². The van der Waals surface area contributed by atoms with Gasteiger partial charge in [0.15, 0.2) is 0 Å². The normalized spacial score (nSPS) is 11.3. The number of carbonyl (C=O) groups excluding carboxylic acids is 1. The quantitative estimate of drug-likeness (QED) is 0.455. The van der Waals surface area contributed by atoms with Crippen molar-refractivity contribution in [3.05, 3.63) is 92.6 Å². The van der Waals surface area contributed by atoms with E-state index in [4.69, 9.17) is 0 Å². The fraction of sp³-hybridized carbons (Fsp3) is 0.136. The fourth-order valence-electron chi connectivity index (χ4n) is 2.86. The second-order valence-electron chi connectivity index (χ2n) is 6.59. The van der Waals surface area contributed by atoms with Crippen LogP contribution < -0.4 is 4.31 Å². The van der Waals surface area contributed by atoms with Gasteiger partial charge in [-0.1, -0.05) is 42.0 Å². The van der Waals surface area contributed by atoms with Crippen molar-refractivity contribution in [1.82, 2.24) is 0 Å². The average Bonchev–Trinajstić information content (AvgIpc) is 2.66. The Labute approximate surface area is 179 Å². The Morgan fingerprint density at radius 2 is 1.50 bits per heavy atom. The number of rotatable bonds is 4. The molecule has 0 aromatic heterocycles. The number of benzene rings is 3. The number of hydrogen-bond acceptors (Lipinski definition) is 3. The highest BCUT2D eigenvalue weighted by atomic mass is 127. The number of nitrogens with zero attached hydrogens (tertiary/aromatic N) is 1. The van der Waals surface area contributed by atoms with E-state index in [0.29, 0.717) is 14.8 Å². The maximum atomic E-state index is 13.5. The van der Waals surface area contributed by atoms with E-state index in [9.17, 15) is 13.2 Å². The third-order valence-electron chi connectivity index (χ3n) is 4.64. The van der Waals surface area contributed by atoms with Gasteiger partial charge in [-0.2, -0.15) is 4.31 Å². The predicted octanol–water partition coefficient (Wildman–Crippen LogP) is 5.25. The summed E-state index contributed by atoms with van der Waals surface area (Å²) in [5.74, 6) is -0.570. The van der Waals surface area contributed by atoms with Crippen LogP contribution in [0, 0.1) is 24.3 Å². The van der Waals surface area contributed by atoms with Crippen LogP contribution in [0.4, 0.5) is 5.69 Å². The highest BCUT2D eigenvalue weighted by molar-refractivity contribution is 14.1. The minimum atomic E-state index is -4.09. The van der Waals surface area contributed by atoms with Crippen LogP contribution in [0.25, 0.3) is 0 Å². The second kappa shape index (κ2) is 8.05. The standard InChI is InChI=1S/C22H20INO3S/c1-15-11-13-18(14-12-15)28(26,27)24(21-10-6-7-16(2)17(21)3)22(25)19-8-4-5-9-20(19)23/h4-14H,1-3H3. The lowest BCUT2D eigenvalue weighted by molar-refractivity contribution is 0.100. The summed E-state index contributed by atoms with van der Waals surface area (Å²) in [6.07, 6.45) is 0. The first kappa shape index (κ1) is 20.5. The van der Waals surface area contributed by atoms with E-state index in [1.807, 2.05) is 55.5 Å². The summed E-state index contributed by atoms with van der Waals surface area (Å²) in [5, 5.41) is 0. The molecule has 0 aliphatic carbocycles. The molecule has 4 nitrogen and oxygen atoms in total. The van der Waals surface area contributed by atoms with Gasteiger partial charge in [0.1, 0.15) is 0 Å². The zero-order valence-electron chi connectivity index (χ0n) is 15.8. The molecule has 3 aromatic carbocycles. The Morgan fingerprint density at radius 3 is 2.14 bits per heavy atom. The fourth-order valence-corrected chi connectivity index (χ4v) is 4.95. The van der Waals surface area contributed by atoms with Crippen molar-refractivity contribution in [2.45, 2.75) is 25.7 Å². The minimum Gasteiger partial charge on any atom is -0.268 e. The predicted molar refractivity (Wildman–Crippen MR) is 120 cm³/mol. The molecule has 0 atom stereocenters. The Balaban J connectivity index is 2.26. The zero-order valence-corrected chi connectivity index (χ0v) is 18.8. The van der Waals surface area contributed by atoms with Gasteiger partial charge in [0.25, 0.3) is 15.9 Å². The molecule has 0 saturated heterocycles. The molecule has 0 spiro atoms. The smallest absolute Gasteiger partial charge is 0.268 e. The van der Waals surface area contributed by atoms with Crippen molar-refractivity contribution in [2.75, 3.05) is 4.31 Å². The number of halogens is 1. The highest BCUT2D eigenvalue weighted by Gasteiger charge is 2.33. The molecule has 0 N–H and O–H groups in total. The van der Waals surface area contributed by atoms with Gasteiger partial charge in [-0.25, -0.2) is 8.42 Å². The molecule has 144 valence electrons. The maximum Gasteiger partial charge on any atom is 0.273 e. The third-order valence-corrected chi connectivity index (χ3v) is 7.29. The van der Waals surface area contributed by atoms with E-state index >= 15 is 0 Å². The van der Waals surface area contributed by atoms with Crippen molar-refractivity contribution in [3.8, 4) is 0 Å². The number of anilines is 1. The van der Waals surface area contributed by atoms with Gasteiger partial charge in [-0.05, 0) is 84.8 Å². The molecule has 28 heavy (non-hydrogen) atoms. The van der Waals surface area contributed by atoms with Crippen LogP contribution in [-0.4, -0.2) is 14.3 Å². The van der Waals surface area contributed by atoms with Crippen LogP contribution in [0.15, 0.2) is 71.6 Å². The molecule has 0 aliphatic rings. The Bertz CT molecular complexity index is 1140. The molecule has 0 aliphatic heterocycles. The topological polar surface area (TPSA) is 54.5 Å². The van der Waals surface area contributed by atoms with E-state index in [0.717, 1.165) is 21.0 Å². The molecule has 0 unspecified atom stereocenters. The van der Waals surface area contributed by atoms with Crippen molar-refractivity contribution >= 4 is 44.2 Å². The first-order chi connectivity index (χ1) is 13.2. The molecule has 6 heteroatoms. The van der Waals surface area contributed by atoms with Crippen LogP contribution in [0.3, 0.4) is 0 Å². The lowest BCUT2D eigenvalue weighted by Gasteiger charge is -2.25. The van der Waals surface area contributed by atoms with Gasteiger partial charge in [0.2, 0.25) is 0 Å². The van der Waals surface area contributed by atoms with Gasteiger partial charge < -0.3 is 0 Å². The van der Waals surface area contributed by atoms with E-state index in [1.54, 1.807) is 42.5 Å². The van der Waals surface area contributed by atoms with Gasteiger partial charge in [0, 0.05) is 3.57 Å². The summed E-state index contributed by atoms with van der Waals surface area (Å²) in [4.78, 5) is 13.5. The van der Waals surface area contributed by atoms with Crippen LogP contribution in [0.5, 0.6) is 0 Å². The molecule has 0 bridgehead atoms. The number of aryl methyl sites for hydroxylation is 2. The molecule has 0 radical (unpaired) electrons. The first-order valence-corrected chi connectivity index (χ1v) is 11.2. The molecule has 3 aromatic rings. The Hall–Kier alpha value is -2.19. The molecular formula is C22H20INO3S. The molecule has 1 amide bonds. The van der Waals surface area contributed by atoms with Gasteiger partial charge in [-0.3, -0.25) is 4.79 Å². The second-order valence-corrected chi connectivity index (χ2v) is 9.54. The number of amides is 1. The maximum absolute atomic E-state index is 13.5. The van der Waals surface area contributed by atoms with Crippen molar-refractivity contribution in [2.24, 2.45) is 0 Å². The summed E-state index contributed by atoms with van der Waals surface area (Å²) in [6.45, 7) is 5.61. The highest BCUT2D eigenvalue weighted by Crippen LogP contribution is 2.31. The van der Waals surface area contributed by atoms with E-state index in [1.165, 1.54) is 12.1 Å². The number of hydrogen-bond donors (Lipinski definition) is 0. The summed E-state index contributed by atoms with van der Waals surface area (Å²) in [5.41, 5.74) is 3.32. The van der Waals surface area contributed by atoms with Crippen molar-refractivity contribution in [1.29, 1.82) is 0 Å². The summed E-state index contributed by atoms with van der Waals surface area (Å²) < 4.78 is 28.7. The molecule has 0 fully saturated rings. The van der Waals surface area contributed by atoms with Gasteiger partial charge in [0.05, 0.1) is 16.1 Å². The van der Waals surface area contributed by atoms with Crippen LogP contribution in [0.2, 0.25) is 0 Å². The van der Waals surface area contributed by atoms with E-state index in [-0.39, 0.29) is 4.90 Å². The average molecular weight is 505 g/mol. The lowest BCUT2D eigenvalue weighted by Crippen LogP contribution is -2.38. The monoisotopic (exact) mass is 505 g/mol. The molecular weight excluding hydrogens is 485 g/mol. The first-order valence-electron chi connectivity index (χ1n) is 8.70. The summed E-state index contributed by atoms with van der Waals surface area (Å²) in [7, 11) is -4.09. The third kappa shape index (κ3) is 3.84. The van der Waals surface area contributed by atoms with Crippen LogP contribution in [-0.2, 0) is 10.0 Å². The zero-order chi connectivity index (χ0) is 20.5. The largest absolute Gasteiger partial charge is 0.273 e. The van der Waals surface area contributed by atoms with E-state index < -0.39 is 15.9 Å². The molecule has 0 heterocycles. The molecule has 3 rings (SSSR count). The van der Waals surface area contributed by atoms with Crippen LogP contribution >= 0.6 is 22.6 Å². The van der Waals surface area contributed by atoms with E-state index in [2.05, 4.69) is 0 Å². The lowest BCUT2D eigenvalue weighted by atomic mass is 10.1. The van der Waals surface area contributed by atoms with Gasteiger partial charge >= 0.3 is 0 Å². The molecule has 0 saturated carbocycles. The van der Waals surface area contributed by atoms with Crippen LogP contribution in [0.1, 0.15) is 27.0 Å². The van der Waals surface area contributed by atoms with Crippen molar-refractivity contribution < 1.29 is 13.2 Å². The summed E-state index contributed by atoms with van der Waals surface area (Å²) in [6, 6.07) is 18.8. The summed E-state index contributed by atoms with van der Waals surface area (Å²) >= 11 is 2.05. The Kier molecular flexibility index (Phi) is 5.90. The number of carbonyl (C=O) groups is 1. The number of sulfonamides is 1. The Morgan fingerprint density at radius 1 is 0.857 bits per heavy atom. The van der Waals surface area contributed by atoms with Gasteiger partial charge in [-0.15, -0.1) is 0 Å².